The maximum atomic E-state index is 13.0. The average Bonchev–Trinajstić information content (AvgIpc) is 2.69. The molecule has 0 unspecified atom stereocenters. The molecule has 6 heteroatoms. The number of fused-ring (bicyclic) bond motifs is 1. The van der Waals surface area contributed by atoms with Crippen LogP contribution in [0, 0.1) is 11.7 Å². The van der Waals surface area contributed by atoms with E-state index in [1.165, 1.54) is 12.1 Å². The number of aromatic nitrogens is 2. The van der Waals surface area contributed by atoms with Crippen LogP contribution in [-0.2, 0) is 4.79 Å². The summed E-state index contributed by atoms with van der Waals surface area (Å²) >= 11 is 0. The van der Waals surface area contributed by atoms with Gasteiger partial charge < -0.3 is 10.2 Å². The lowest BCUT2D eigenvalue weighted by Crippen LogP contribution is -2.41. The number of carbonyl (C=O) groups is 1. The Morgan fingerprint density at radius 3 is 2.69 bits per heavy atom. The van der Waals surface area contributed by atoms with Crippen LogP contribution in [0.1, 0.15) is 12.8 Å². The average molecular weight is 350 g/mol. The van der Waals surface area contributed by atoms with Crippen molar-refractivity contribution in [3.05, 3.63) is 60.5 Å². The molecule has 1 saturated heterocycles. The molecule has 0 saturated carbocycles. The zero-order valence-electron chi connectivity index (χ0n) is 14.2. The highest BCUT2D eigenvalue weighted by Gasteiger charge is 2.27. The Morgan fingerprint density at radius 2 is 1.88 bits per heavy atom. The van der Waals surface area contributed by atoms with Gasteiger partial charge in [-0.3, -0.25) is 9.78 Å². The highest BCUT2D eigenvalue weighted by molar-refractivity contribution is 5.93. The largest absolute Gasteiger partial charge is 0.355 e. The number of hydrogen-bond donors (Lipinski definition) is 1. The Labute approximate surface area is 150 Å². The summed E-state index contributed by atoms with van der Waals surface area (Å²) in [5.41, 5.74) is 2.32. The van der Waals surface area contributed by atoms with Crippen molar-refractivity contribution in [3.8, 4) is 0 Å². The van der Waals surface area contributed by atoms with E-state index in [0.717, 1.165) is 36.2 Å². The molecule has 26 heavy (non-hydrogen) atoms. The van der Waals surface area contributed by atoms with Gasteiger partial charge in [0.2, 0.25) is 5.91 Å². The third-order valence-corrected chi connectivity index (χ3v) is 4.66. The van der Waals surface area contributed by atoms with E-state index in [2.05, 4.69) is 20.2 Å². The SMILES string of the molecule is O=C(Nc1ccc(F)cc1)[C@H]1CCCN(c2cnc3ccccc3n2)C1. The molecule has 1 atom stereocenters. The molecule has 0 spiro atoms. The molecule has 1 amide bonds. The number of amides is 1. The van der Waals surface area contributed by atoms with Crippen molar-refractivity contribution in [1.82, 2.24) is 9.97 Å². The van der Waals surface area contributed by atoms with E-state index in [1.807, 2.05) is 24.3 Å². The molecule has 0 aliphatic carbocycles. The summed E-state index contributed by atoms with van der Waals surface area (Å²) in [7, 11) is 0. The van der Waals surface area contributed by atoms with E-state index in [4.69, 9.17) is 0 Å². The third-order valence-electron chi connectivity index (χ3n) is 4.66. The van der Waals surface area contributed by atoms with Crippen LogP contribution in [-0.4, -0.2) is 29.0 Å². The molecule has 0 bridgehead atoms. The van der Waals surface area contributed by atoms with Crippen molar-refractivity contribution < 1.29 is 9.18 Å². The molecular formula is C20H19FN4O. The second-order valence-corrected chi connectivity index (χ2v) is 6.50. The second kappa shape index (κ2) is 7.07. The van der Waals surface area contributed by atoms with Gasteiger partial charge in [0.1, 0.15) is 11.6 Å². The van der Waals surface area contributed by atoms with Crippen LogP contribution in [0.25, 0.3) is 11.0 Å². The Morgan fingerprint density at radius 1 is 1.12 bits per heavy atom. The van der Waals surface area contributed by atoms with Crippen LogP contribution < -0.4 is 10.2 Å². The minimum atomic E-state index is -0.318. The maximum absolute atomic E-state index is 13.0. The number of benzene rings is 2. The number of hydrogen-bond acceptors (Lipinski definition) is 4. The summed E-state index contributed by atoms with van der Waals surface area (Å²) in [5, 5.41) is 2.87. The Hall–Kier alpha value is -3.02. The molecule has 1 aromatic heterocycles. The van der Waals surface area contributed by atoms with Crippen molar-refractivity contribution in [2.45, 2.75) is 12.8 Å². The molecule has 3 aromatic rings. The Bertz CT molecular complexity index is 929. The summed E-state index contributed by atoms with van der Waals surface area (Å²) < 4.78 is 13.0. The van der Waals surface area contributed by atoms with Gasteiger partial charge in [0.25, 0.3) is 0 Å². The van der Waals surface area contributed by atoms with E-state index >= 15 is 0 Å². The predicted octanol–water partition coefficient (Wildman–Crippen LogP) is 3.62. The van der Waals surface area contributed by atoms with Gasteiger partial charge in [0.05, 0.1) is 23.1 Å². The normalized spacial score (nSPS) is 17.3. The van der Waals surface area contributed by atoms with Crippen molar-refractivity contribution in [3.63, 3.8) is 0 Å². The lowest BCUT2D eigenvalue weighted by atomic mass is 9.97. The first-order valence-corrected chi connectivity index (χ1v) is 8.72. The number of rotatable bonds is 3. The number of nitrogens with one attached hydrogen (secondary N) is 1. The molecule has 1 aliphatic heterocycles. The molecule has 2 heterocycles. The molecule has 2 aromatic carbocycles. The molecule has 1 N–H and O–H groups in total. The molecule has 132 valence electrons. The van der Waals surface area contributed by atoms with Crippen molar-refractivity contribution >= 4 is 28.4 Å². The summed E-state index contributed by atoms with van der Waals surface area (Å²) in [6, 6.07) is 13.6. The molecule has 1 fully saturated rings. The maximum Gasteiger partial charge on any atom is 0.229 e. The fraction of sp³-hybridized carbons (Fsp3) is 0.250. The number of piperidine rings is 1. The second-order valence-electron chi connectivity index (χ2n) is 6.50. The number of anilines is 2. The van der Waals surface area contributed by atoms with Crippen LogP contribution in [0.15, 0.2) is 54.7 Å². The fourth-order valence-electron chi connectivity index (χ4n) is 3.28. The first-order chi connectivity index (χ1) is 12.7. The minimum Gasteiger partial charge on any atom is -0.355 e. The number of halogens is 1. The van der Waals surface area contributed by atoms with Crippen LogP contribution >= 0.6 is 0 Å². The van der Waals surface area contributed by atoms with Gasteiger partial charge in [-0.1, -0.05) is 12.1 Å². The van der Waals surface area contributed by atoms with E-state index < -0.39 is 0 Å². The summed E-state index contributed by atoms with van der Waals surface area (Å²) in [6.07, 6.45) is 3.50. The summed E-state index contributed by atoms with van der Waals surface area (Å²) in [5.74, 6) is 0.293. The number of nitrogens with zero attached hydrogens (tertiary/aromatic N) is 3. The smallest absolute Gasteiger partial charge is 0.229 e. The molecule has 5 nitrogen and oxygen atoms in total. The van der Waals surface area contributed by atoms with Gasteiger partial charge >= 0.3 is 0 Å². The van der Waals surface area contributed by atoms with Gasteiger partial charge in [-0.25, -0.2) is 9.37 Å². The van der Waals surface area contributed by atoms with Gasteiger partial charge in [-0.05, 0) is 49.2 Å². The van der Waals surface area contributed by atoms with E-state index in [-0.39, 0.29) is 17.6 Å². The molecule has 1 aliphatic rings. The van der Waals surface area contributed by atoms with Gasteiger partial charge in [-0.15, -0.1) is 0 Å². The first kappa shape index (κ1) is 16.4. The topological polar surface area (TPSA) is 58.1 Å². The van der Waals surface area contributed by atoms with E-state index in [1.54, 1.807) is 18.3 Å². The minimum absolute atomic E-state index is 0.0462. The van der Waals surface area contributed by atoms with E-state index in [9.17, 15) is 9.18 Å². The zero-order valence-corrected chi connectivity index (χ0v) is 14.2. The Balaban J connectivity index is 1.47. The van der Waals surface area contributed by atoms with Crippen molar-refractivity contribution in [2.75, 3.05) is 23.3 Å². The number of para-hydroxylation sites is 2. The highest BCUT2D eigenvalue weighted by Crippen LogP contribution is 2.24. The highest BCUT2D eigenvalue weighted by atomic mass is 19.1. The van der Waals surface area contributed by atoms with Crippen LogP contribution in [0.4, 0.5) is 15.9 Å². The van der Waals surface area contributed by atoms with E-state index in [0.29, 0.717) is 12.2 Å². The monoisotopic (exact) mass is 350 g/mol. The quantitative estimate of drug-likeness (QED) is 0.784. The van der Waals surface area contributed by atoms with Crippen LogP contribution in [0.5, 0.6) is 0 Å². The van der Waals surface area contributed by atoms with Gasteiger partial charge in [-0.2, -0.15) is 0 Å². The lowest BCUT2D eigenvalue weighted by molar-refractivity contribution is -0.120. The van der Waals surface area contributed by atoms with Crippen molar-refractivity contribution in [1.29, 1.82) is 0 Å². The first-order valence-electron chi connectivity index (χ1n) is 8.72. The molecular weight excluding hydrogens is 331 g/mol. The molecule has 4 rings (SSSR count). The third kappa shape index (κ3) is 3.49. The summed E-state index contributed by atoms with van der Waals surface area (Å²) in [6.45, 7) is 1.45. The number of carbonyl (C=O) groups excluding carboxylic acids is 1. The predicted molar refractivity (Wildman–Crippen MR) is 99.5 cm³/mol. The van der Waals surface area contributed by atoms with Gasteiger partial charge in [0.15, 0.2) is 0 Å². The zero-order chi connectivity index (χ0) is 17.9. The fourth-order valence-corrected chi connectivity index (χ4v) is 3.28. The van der Waals surface area contributed by atoms with Gasteiger partial charge in [0, 0.05) is 18.8 Å². The standard InChI is InChI=1S/C20H19FN4O/c21-15-7-9-16(10-8-15)23-20(26)14-4-3-11-25(13-14)19-12-22-17-5-1-2-6-18(17)24-19/h1-2,5-10,12,14H,3-4,11,13H2,(H,23,26)/t14-/m0/s1. The van der Waals surface area contributed by atoms with Crippen LogP contribution in [0.3, 0.4) is 0 Å². The van der Waals surface area contributed by atoms with Crippen molar-refractivity contribution in [2.24, 2.45) is 5.92 Å². The molecule has 0 radical (unpaired) electrons. The van der Waals surface area contributed by atoms with Crippen LogP contribution in [0.2, 0.25) is 0 Å². The summed E-state index contributed by atoms with van der Waals surface area (Å²) in [4.78, 5) is 23.8. The lowest BCUT2D eigenvalue weighted by Gasteiger charge is -2.32. The Kier molecular flexibility index (Phi) is 4.48.